The maximum absolute atomic E-state index is 12.0. The number of carbonyl (C=O) groups excluding carboxylic acids is 1. The predicted molar refractivity (Wildman–Crippen MR) is 75.1 cm³/mol. The Kier molecular flexibility index (Phi) is 3.72. The summed E-state index contributed by atoms with van der Waals surface area (Å²) >= 11 is 3.31. The zero-order valence-electron chi connectivity index (χ0n) is 9.98. The van der Waals surface area contributed by atoms with E-state index in [1.54, 1.807) is 18.2 Å². The van der Waals surface area contributed by atoms with Gasteiger partial charge in [-0.2, -0.15) is 0 Å². The van der Waals surface area contributed by atoms with Crippen LogP contribution < -0.4 is 11.1 Å². The van der Waals surface area contributed by atoms with E-state index in [2.05, 4.69) is 21.2 Å². The summed E-state index contributed by atoms with van der Waals surface area (Å²) in [6.45, 7) is 0.484. The number of hydrogen-bond donors (Lipinski definition) is 2. The first-order valence-corrected chi connectivity index (χ1v) is 6.30. The molecule has 0 fully saturated rings. The molecule has 0 saturated heterocycles. The molecule has 0 aliphatic heterocycles. The van der Waals surface area contributed by atoms with E-state index in [9.17, 15) is 4.79 Å². The molecule has 0 atom stereocenters. The molecule has 0 aliphatic carbocycles. The summed E-state index contributed by atoms with van der Waals surface area (Å²) in [6, 6.07) is 9.13. The lowest BCUT2D eigenvalue weighted by atomic mass is 10.1. The molecule has 3 N–H and O–H groups in total. The number of nitrogens with zero attached hydrogens (tertiary/aromatic N) is 1. The lowest BCUT2D eigenvalue weighted by Gasteiger charge is -2.08. The lowest BCUT2D eigenvalue weighted by molar-refractivity contribution is 0.0951. The second-order valence-electron chi connectivity index (χ2n) is 4.02. The van der Waals surface area contributed by atoms with Gasteiger partial charge in [0, 0.05) is 29.1 Å². The van der Waals surface area contributed by atoms with Gasteiger partial charge in [0.2, 0.25) is 0 Å². The number of anilines is 1. The van der Waals surface area contributed by atoms with Crippen molar-refractivity contribution >= 4 is 27.5 Å². The van der Waals surface area contributed by atoms with Gasteiger partial charge < -0.3 is 15.6 Å². The Hall–Kier alpha value is -1.75. The number of aryl methyl sites for hydroxylation is 1. The molecular weight excluding hydrogens is 294 g/mol. The highest BCUT2D eigenvalue weighted by molar-refractivity contribution is 9.10. The molecule has 0 unspecified atom stereocenters. The summed E-state index contributed by atoms with van der Waals surface area (Å²) in [4.78, 5) is 12.0. The summed E-state index contributed by atoms with van der Waals surface area (Å²) in [5, 5.41) is 2.85. The summed E-state index contributed by atoms with van der Waals surface area (Å²) in [5.41, 5.74) is 7.81. The number of carbonyl (C=O) groups is 1. The van der Waals surface area contributed by atoms with Crippen LogP contribution in [0.4, 0.5) is 5.69 Å². The van der Waals surface area contributed by atoms with Gasteiger partial charge in [-0.25, -0.2) is 0 Å². The molecule has 0 aliphatic rings. The van der Waals surface area contributed by atoms with Gasteiger partial charge in [-0.1, -0.05) is 15.9 Å². The molecule has 5 heteroatoms. The summed E-state index contributed by atoms with van der Waals surface area (Å²) in [5.74, 6) is -0.166. The molecule has 0 saturated carbocycles. The van der Waals surface area contributed by atoms with Crippen LogP contribution >= 0.6 is 15.9 Å². The quantitative estimate of drug-likeness (QED) is 0.855. The first kappa shape index (κ1) is 12.7. The van der Waals surface area contributed by atoms with Crippen LogP contribution in [0.15, 0.2) is 41.0 Å². The fourth-order valence-electron chi connectivity index (χ4n) is 1.69. The van der Waals surface area contributed by atoms with Crippen LogP contribution in [0.1, 0.15) is 16.1 Å². The molecule has 1 aromatic heterocycles. The number of amides is 1. The Bertz CT molecular complexity index is 577. The first-order chi connectivity index (χ1) is 8.58. The van der Waals surface area contributed by atoms with Crippen molar-refractivity contribution in [2.24, 2.45) is 7.05 Å². The highest BCUT2D eigenvalue weighted by Gasteiger charge is 2.09. The second-order valence-corrected chi connectivity index (χ2v) is 4.94. The molecule has 1 aromatic carbocycles. The molecule has 94 valence electrons. The number of halogens is 1. The second kappa shape index (κ2) is 5.27. The van der Waals surface area contributed by atoms with E-state index in [1.807, 2.05) is 29.9 Å². The Morgan fingerprint density at radius 3 is 2.83 bits per heavy atom. The van der Waals surface area contributed by atoms with Gasteiger partial charge in [-0.05, 0) is 30.3 Å². The van der Waals surface area contributed by atoms with Crippen molar-refractivity contribution in [3.63, 3.8) is 0 Å². The SMILES string of the molecule is Cn1cccc1CNC(=O)c1ccc(Br)cc1N. The van der Waals surface area contributed by atoms with Crippen LogP contribution in [0.25, 0.3) is 0 Å². The third-order valence-corrected chi connectivity index (χ3v) is 3.23. The van der Waals surface area contributed by atoms with Crippen LogP contribution in [0.3, 0.4) is 0 Å². The highest BCUT2D eigenvalue weighted by atomic mass is 79.9. The summed E-state index contributed by atoms with van der Waals surface area (Å²) in [7, 11) is 1.94. The van der Waals surface area contributed by atoms with Gasteiger partial charge in [0.05, 0.1) is 12.1 Å². The summed E-state index contributed by atoms with van der Waals surface area (Å²) in [6.07, 6.45) is 1.94. The van der Waals surface area contributed by atoms with E-state index >= 15 is 0 Å². The van der Waals surface area contributed by atoms with Crippen molar-refractivity contribution in [1.29, 1.82) is 0 Å². The minimum absolute atomic E-state index is 0.166. The smallest absolute Gasteiger partial charge is 0.253 e. The third-order valence-electron chi connectivity index (χ3n) is 2.74. The number of aromatic nitrogens is 1. The maximum Gasteiger partial charge on any atom is 0.253 e. The zero-order chi connectivity index (χ0) is 13.1. The predicted octanol–water partition coefficient (Wildman–Crippen LogP) is 2.30. The van der Waals surface area contributed by atoms with Crippen LogP contribution in [0.2, 0.25) is 0 Å². The van der Waals surface area contributed by atoms with Crippen molar-refractivity contribution < 1.29 is 4.79 Å². The van der Waals surface area contributed by atoms with Gasteiger partial charge >= 0.3 is 0 Å². The van der Waals surface area contributed by atoms with Crippen molar-refractivity contribution in [3.05, 3.63) is 52.3 Å². The van der Waals surface area contributed by atoms with Gasteiger partial charge in [0.1, 0.15) is 0 Å². The van der Waals surface area contributed by atoms with E-state index < -0.39 is 0 Å². The van der Waals surface area contributed by atoms with Gasteiger partial charge in [0.25, 0.3) is 5.91 Å². The number of nitrogens with one attached hydrogen (secondary N) is 1. The molecule has 0 bridgehead atoms. The minimum Gasteiger partial charge on any atom is -0.398 e. The third kappa shape index (κ3) is 2.73. The Labute approximate surface area is 114 Å². The molecule has 1 amide bonds. The molecule has 2 aromatic rings. The van der Waals surface area contributed by atoms with Gasteiger partial charge in [0.15, 0.2) is 0 Å². The van der Waals surface area contributed by atoms with E-state index in [-0.39, 0.29) is 5.91 Å². The fraction of sp³-hybridized carbons (Fsp3) is 0.154. The maximum atomic E-state index is 12.0. The number of benzene rings is 1. The normalized spacial score (nSPS) is 10.3. The van der Waals surface area contributed by atoms with Crippen LogP contribution in [-0.4, -0.2) is 10.5 Å². The molecule has 18 heavy (non-hydrogen) atoms. The van der Waals surface area contributed by atoms with Crippen molar-refractivity contribution in [2.75, 3.05) is 5.73 Å². The van der Waals surface area contributed by atoms with Crippen LogP contribution in [0, 0.1) is 0 Å². The van der Waals surface area contributed by atoms with Crippen molar-refractivity contribution in [2.45, 2.75) is 6.54 Å². The molecule has 0 spiro atoms. The fourth-order valence-corrected chi connectivity index (χ4v) is 2.07. The topological polar surface area (TPSA) is 60.0 Å². The zero-order valence-corrected chi connectivity index (χ0v) is 11.6. The Balaban J connectivity index is 2.06. The molecule has 2 rings (SSSR count). The largest absolute Gasteiger partial charge is 0.398 e. The average Bonchev–Trinajstić information content (AvgIpc) is 2.72. The van der Waals surface area contributed by atoms with Crippen LogP contribution in [0.5, 0.6) is 0 Å². The van der Waals surface area contributed by atoms with E-state index in [4.69, 9.17) is 5.73 Å². The number of nitrogens with two attached hydrogens (primary N) is 1. The number of rotatable bonds is 3. The number of hydrogen-bond acceptors (Lipinski definition) is 2. The van der Waals surface area contributed by atoms with E-state index in [0.29, 0.717) is 17.8 Å². The Morgan fingerprint density at radius 2 is 2.22 bits per heavy atom. The lowest BCUT2D eigenvalue weighted by Crippen LogP contribution is -2.24. The highest BCUT2D eigenvalue weighted by Crippen LogP contribution is 2.18. The standard InChI is InChI=1S/C13H14BrN3O/c1-17-6-2-3-10(17)8-16-13(18)11-5-4-9(14)7-12(11)15/h2-7H,8,15H2,1H3,(H,16,18). The minimum atomic E-state index is -0.166. The van der Waals surface area contributed by atoms with E-state index in [0.717, 1.165) is 10.2 Å². The summed E-state index contributed by atoms with van der Waals surface area (Å²) < 4.78 is 2.82. The number of nitrogen functional groups attached to an aromatic ring is 1. The van der Waals surface area contributed by atoms with Gasteiger partial charge in [-0.15, -0.1) is 0 Å². The average molecular weight is 308 g/mol. The molecule has 0 radical (unpaired) electrons. The van der Waals surface area contributed by atoms with Gasteiger partial charge in [-0.3, -0.25) is 4.79 Å². The van der Waals surface area contributed by atoms with Crippen molar-refractivity contribution in [3.8, 4) is 0 Å². The van der Waals surface area contributed by atoms with Crippen molar-refractivity contribution in [1.82, 2.24) is 9.88 Å². The van der Waals surface area contributed by atoms with E-state index in [1.165, 1.54) is 0 Å². The van der Waals surface area contributed by atoms with Crippen LogP contribution in [-0.2, 0) is 13.6 Å². The molecular formula is C13H14BrN3O. The molecule has 4 nitrogen and oxygen atoms in total. The first-order valence-electron chi connectivity index (χ1n) is 5.51. The monoisotopic (exact) mass is 307 g/mol. The molecule has 1 heterocycles. The Morgan fingerprint density at radius 1 is 1.44 bits per heavy atom.